The van der Waals surface area contributed by atoms with E-state index in [0.717, 1.165) is 17.9 Å². The van der Waals surface area contributed by atoms with E-state index < -0.39 is 0 Å². The van der Waals surface area contributed by atoms with Gasteiger partial charge in [-0.25, -0.2) is 0 Å². The lowest BCUT2D eigenvalue weighted by Crippen LogP contribution is -2.21. The van der Waals surface area contributed by atoms with Gasteiger partial charge in [-0.3, -0.25) is 4.79 Å². The molecule has 0 radical (unpaired) electrons. The molecule has 4 heteroatoms. The quantitative estimate of drug-likeness (QED) is 0.844. The summed E-state index contributed by atoms with van der Waals surface area (Å²) in [6, 6.07) is 7.38. The Hall–Kier alpha value is -1.03. The lowest BCUT2D eigenvalue weighted by atomic mass is 10.2. The van der Waals surface area contributed by atoms with Gasteiger partial charge in [0.25, 0.3) is 0 Å². The smallest absolute Gasteiger partial charge is 0.238 e. The highest BCUT2D eigenvalue weighted by atomic mass is 79.9. The first-order chi connectivity index (χ1) is 7.67. The predicted octanol–water partition coefficient (Wildman–Crippen LogP) is 3.20. The number of hydrogen-bond acceptors (Lipinski definition) is 2. The Morgan fingerprint density at radius 1 is 1.50 bits per heavy atom. The standard InChI is InChI=1S/C12H16BrNO2/c1-3-11(13)12(15)14-9-6-5-7-10(8-9)16-4-2/h5-8,11H,3-4H2,1-2H3,(H,14,15). The zero-order valence-electron chi connectivity index (χ0n) is 9.50. The first-order valence-corrected chi connectivity index (χ1v) is 6.26. The van der Waals surface area contributed by atoms with Crippen molar-refractivity contribution in [1.82, 2.24) is 0 Å². The Bertz CT molecular complexity index is 355. The number of amides is 1. The van der Waals surface area contributed by atoms with Gasteiger partial charge in [0.1, 0.15) is 5.75 Å². The van der Waals surface area contributed by atoms with E-state index in [1.54, 1.807) is 0 Å². The summed E-state index contributed by atoms with van der Waals surface area (Å²) in [4.78, 5) is 11.5. The summed E-state index contributed by atoms with van der Waals surface area (Å²) in [6.07, 6.45) is 0.761. The third-order valence-electron chi connectivity index (χ3n) is 2.06. The number of carbonyl (C=O) groups is 1. The van der Waals surface area contributed by atoms with Crippen LogP contribution < -0.4 is 10.1 Å². The second-order valence-electron chi connectivity index (χ2n) is 3.33. The zero-order chi connectivity index (χ0) is 12.0. The van der Waals surface area contributed by atoms with Gasteiger partial charge < -0.3 is 10.1 Å². The number of alkyl halides is 1. The van der Waals surface area contributed by atoms with Crippen LogP contribution in [0.3, 0.4) is 0 Å². The van der Waals surface area contributed by atoms with Gasteiger partial charge >= 0.3 is 0 Å². The molecule has 1 rings (SSSR count). The van der Waals surface area contributed by atoms with Gasteiger partial charge in [-0.15, -0.1) is 0 Å². The molecule has 0 aliphatic carbocycles. The van der Waals surface area contributed by atoms with Crippen LogP contribution in [0.1, 0.15) is 20.3 Å². The Kier molecular flexibility index (Phi) is 5.32. The van der Waals surface area contributed by atoms with E-state index in [1.165, 1.54) is 0 Å². The number of ether oxygens (including phenoxy) is 1. The van der Waals surface area contributed by atoms with Crippen LogP contribution >= 0.6 is 15.9 Å². The minimum atomic E-state index is -0.150. The van der Waals surface area contributed by atoms with Crippen LogP contribution in [0.5, 0.6) is 5.75 Å². The molecule has 0 aromatic heterocycles. The minimum absolute atomic E-state index is 0.0313. The highest BCUT2D eigenvalue weighted by Gasteiger charge is 2.12. The third kappa shape index (κ3) is 3.85. The van der Waals surface area contributed by atoms with Crippen LogP contribution in [0.25, 0.3) is 0 Å². The van der Waals surface area contributed by atoms with Gasteiger partial charge in [0.15, 0.2) is 0 Å². The van der Waals surface area contributed by atoms with E-state index in [1.807, 2.05) is 38.1 Å². The molecule has 1 aromatic rings. The average Bonchev–Trinajstić information content (AvgIpc) is 2.29. The molecule has 0 spiro atoms. The van der Waals surface area contributed by atoms with Gasteiger partial charge in [0.05, 0.1) is 11.4 Å². The summed E-state index contributed by atoms with van der Waals surface area (Å²) < 4.78 is 5.35. The monoisotopic (exact) mass is 285 g/mol. The van der Waals surface area contributed by atoms with Crippen LogP contribution in [-0.2, 0) is 4.79 Å². The van der Waals surface area contributed by atoms with E-state index in [0.29, 0.717) is 6.61 Å². The number of carbonyl (C=O) groups excluding carboxylic acids is 1. The summed E-state index contributed by atoms with van der Waals surface area (Å²) in [6.45, 7) is 4.50. The van der Waals surface area contributed by atoms with Gasteiger partial charge in [0, 0.05) is 11.8 Å². The van der Waals surface area contributed by atoms with E-state index in [2.05, 4.69) is 21.2 Å². The molecule has 0 aliphatic heterocycles. The van der Waals surface area contributed by atoms with E-state index in [9.17, 15) is 4.79 Å². The van der Waals surface area contributed by atoms with Crippen molar-refractivity contribution < 1.29 is 9.53 Å². The minimum Gasteiger partial charge on any atom is -0.494 e. The molecule has 0 aliphatic rings. The summed E-state index contributed by atoms with van der Waals surface area (Å²) in [5.41, 5.74) is 0.758. The fourth-order valence-corrected chi connectivity index (χ4v) is 1.35. The molecule has 1 unspecified atom stereocenters. The van der Waals surface area contributed by atoms with Crippen molar-refractivity contribution in [2.24, 2.45) is 0 Å². The molecule has 88 valence electrons. The summed E-state index contributed by atoms with van der Waals surface area (Å²) in [5.74, 6) is 0.735. The molecule has 0 saturated heterocycles. The maximum absolute atomic E-state index is 11.6. The number of halogens is 1. The Morgan fingerprint density at radius 2 is 2.25 bits per heavy atom. The number of nitrogens with one attached hydrogen (secondary N) is 1. The number of anilines is 1. The van der Waals surface area contributed by atoms with E-state index in [4.69, 9.17) is 4.74 Å². The molecule has 1 amide bonds. The van der Waals surface area contributed by atoms with Crippen molar-refractivity contribution in [3.63, 3.8) is 0 Å². The topological polar surface area (TPSA) is 38.3 Å². The molecule has 0 fully saturated rings. The Morgan fingerprint density at radius 3 is 2.88 bits per heavy atom. The second-order valence-corrected chi connectivity index (χ2v) is 4.43. The summed E-state index contributed by atoms with van der Waals surface area (Å²) >= 11 is 3.31. The predicted molar refractivity (Wildman–Crippen MR) is 69.2 cm³/mol. The summed E-state index contributed by atoms with van der Waals surface area (Å²) in [5, 5.41) is 2.83. The average molecular weight is 286 g/mol. The number of rotatable bonds is 5. The van der Waals surface area contributed by atoms with Crippen LogP contribution in [0.2, 0.25) is 0 Å². The van der Waals surface area contributed by atoms with Crippen LogP contribution in [0.15, 0.2) is 24.3 Å². The molecule has 0 bridgehead atoms. The van der Waals surface area contributed by atoms with Crippen molar-refractivity contribution in [2.45, 2.75) is 25.1 Å². The fourth-order valence-electron chi connectivity index (χ4n) is 1.24. The molecule has 1 N–H and O–H groups in total. The second kappa shape index (κ2) is 6.53. The maximum Gasteiger partial charge on any atom is 0.238 e. The lowest BCUT2D eigenvalue weighted by molar-refractivity contribution is -0.115. The van der Waals surface area contributed by atoms with Crippen molar-refractivity contribution in [3.05, 3.63) is 24.3 Å². The molecule has 0 saturated carbocycles. The Balaban J connectivity index is 2.66. The normalized spacial score (nSPS) is 11.9. The number of hydrogen-bond donors (Lipinski definition) is 1. The van der Waals surface area contributed by atoms with Gasteiger partial charge in [0.2, 0.25) is 5.91 Å². The van der Waals surface area contributed by atoms with Gasteiger partial charge in [-0.1, -0.05) is 28.9 Å². The first kappa shape index (κ1) is 13.0. The first-order valence-electron chi connectivity index (χ1n) is 5.35. The van der Waals surface area contributed by atoms with Crippen molar-refractivity contribution in [3.8, 4) is 5.75 Å². The molecule has 0 heterocycles. The summed E-state index contributed by atoms with van der Waals surface area (Å²) in [7, 11) is 0. The van der Waals surface area contributed by atoms with Crippen molar-refractivity contribution in [2.75, 3.05) is 11.9 Å². The van der Waals surface area contributed by atoms with Crippen molar-refractivity contribution >= 4 is 27.5 Å². The Labute approximate surface area is 104 Å². The van der Waals surface area contributed by atoms with E-state index >= 15 is 0 Å². The molecule has 3 nitrogen and oxygen atoms in total. The van der Waals surface area contributed by atoms with Crippen molar-refractivity contribution in [1.29, 1.82) is 0 Å². The van der Waals surface area contributed by atoms with Crippen LogP contribution in [0.4, 0.5) is 5.69 Å². The highest BCUT2D eigenvalue weighted by Crippen LogP contribution is 2.18. The SMILES string of the molecule is CCOc1cccc(NC(=O)C(Br)CC)c1. The highest BCUT2D eigenvalue weighted by molar-refractivity contribution is 9.10. The molecular formula is C12H16BrNO2. The zero-order valence-corrected chi connectivity index (χ0v) is 11.1. The molecule has 1 atom stereocenters. The largest absolute Gasteiger partial charge is 0.494 e. The molecule has 16 heavy (non-hydrogen) atoms. The number of benzene rings is 1. The van der Waals surface area contributed by atoms with Gasteiger partial charge in [-0.05, 0) is 25.5 Å². The third-order valence-corrected chi connectivity index (χ3v) is 3.12. The lowest BCUT2D eigenvalue weighted by Gasteiger charge is -2.10. The molecule has 1 aromatic carbocycles. The van der Waals surface area contributed by atoms with E-state index in [-0.39, 0.29) is 10.7 Å². The van der Waals surface area contributed by atoms with Crippen LogP contribution in [-0.4, -0.2) is 17.3 Å². The maximum atomic E-state index is 11.6. The fraction of sp³-hybridized carbons (Fsp3) is 0.417. The van der Waals surface area contributed by atoms with Gasteiger partial charge in [-0.2, -0.15) is 0 Å². The molecular weight excluding hydrogens is 270 g/mol. The van der Waals surface area contributed by atoms with Crippen LogP contribution in [0, 0.1) is 0 Å².